The first-order valence-corrected chi connectivity index (χ1v) is 4.48. The highest BCUT2D eigenvalue weighted by atomic mass is 32.2. The molecule has 3 unspecified atom stereocenters. The molecular formula is C8H8O2S. The van der Waals surface area contributed by atoms with Gasteiger partial charge in [0, 0.05) is 12.3 Å². The first-order chi connectivity index (χ1) is 5.26. The van der Waals surface area contributed by atoms with Gasteiger partial charge in [0.15, 0.2) is 11.1 Å². The second-order valence-corrected chi connectivity index (χ2v) is 3.45. The Morgan fingerprint density at radius 3 is 2.73 bits per heavy atom. The molecule has 0 radical (unpaired) electrons. The second-order valence-electron chi connectivity index (χ2n) is 2.32. The number of hydrogen-bond donors (Lipinski definition) is 0. The highest BCUT2D eigenvalue weighted by Gasteiger charge is 2.24. The topological polar surface area (TPSA) is 26.3 Å². The Morgan fingerprint density at radius 1 is 1.45 bits per heavy atom. The molecule has 0 aromatic heterocycles. The minimum absolute atomic E-state index is 0.00522. The maximum Gasteiger partial charge on any atom is 0.157 e. The third-order valence-electron chi connectivity index (χ3n) is 1.48. The van der Waals surface area contributed by atoms with Crippen LogP contribution in [-0.4, -0.2) is 16.1 Å². The summed E-state index contributed by atoms with van der Waals surface area (Å²) in [5, 5.41) is 0. The van der Waals surface area contributed by atoms with Crippen molar-refractivity contribution in [1.82, 2.24) is 0 Å². The third kappa shape index (κ3) is 2.08. The van der Waals surface area contributed by atoms with Gasteiger partial charge in [-0.05, 0) is 0 Å². The molecule has 0 aromatic rings. The van der Waals surface area contributed by atoms with Gasteiger partial charge in [0.25, 0.3) is 0 Å². The highest BCUT2D eigenvalue weighted by molar-refractivity contribution is 7.80. The van der Waals surface area contributed by atoms with Gasteiger partial charge >= 0.3 is 0 Å². The van der Waals surface area contributed by atoms with E-state index < -0.39 is 11.1 Å². The molecule has 0 spiro atoms. The Hall–Kier alpha value is -0.770. The molecule has 0 amide bonds. The van der Waals surface area contributed by atoms with Crippen LogP contribution >= 0.6 is 0 Å². The molecule has 1 aliphatic rings. The van der Waals surface area contributed by atoms with Crippen molar-refractivity contribution >= 4 is 11.1 Å². The van der Waals surface area contributed by atoms with E-state index in [1.165, 1.54) is 0 Å². The van der Waals surface area contributed by atoms with Crippen LogP contribution in [0.5, 0.6) is 0 Å². The lowest BCUT2D eigenvalue weighted by Crippen LogP contribution is -2.27. The van der Waals surface area contributed by atoms with E-state index in [-0.39, 0.29) is 12.0 Å². The maximum absolute atomic E-state index is 10.9. The minimum Gasteiger partial charge on any atom is -0.274 e. The summed E-state index contributed by atoms with van der Waals surface area (Å²) >= 11 is -1.29. The van der Waals surface area contributed by atoms with Crippen LogP contribution in [-0.2, 0) is 15.3 Å². The van der Waals surface area contributed by atoms with Gasteiger partial charge in [0.1, 0.15) is 6.10 Å². The largest absolute Gasteiger partial charge is 0.274 e. The van der Waals surface area contributed by atoms with Crippen LogP contribution in [0.2, 0.25) is 0 Å². The average Bonchev–Trinajstić information content (AvgIpc) is 2.03. The zero-order valence-electron chi connectivity index (χ0n) is 5.95. The highest BCUT2D eigenvalue weighted by Crippen LogP contribution is 2.17. The first-order valence-electron chi connectivity index (χ1n) is 3.24. The smallest absolute Gasteiger partial charge is 0.157 e. The van der Waals surface area contributed by atoms with Gasteiger partial charge in [-0.1, -0.05) is 5.92 Å². The lowest BCUT2D eigenvalue weighted by Gasteiger charge is -2.21. The molecule has 1 heterocycles. The number of rotatable bonds is 0. The van der Waals surface area contributed by atoms with Gasteiger partial charge < -0.3 is 0 Å². The maximum atomic E-state index is 10.9. The normalized spacial score (nSPS) is 37.1. The molecule has 58 valence electrons. The monoisotopic (exact) mass is 168 g/mol. The van der Waals surface area contributed by atoms with Crippen LogP contribution in [0, 0.1) is 30.6 Å². The van der Waals surface area contributed by atoms with Crippen LogP contribution in [0.3, 0.4) is 0 Å². The molecule has 1 fully saturated rings. The zero-order chi connectivity index (χ0) is 8.27. The lowest BCUT2D eigenvalue weighted by atomic mass is 10.1. The van der Waals surface area contributed by atoms with Crippen molar-refractivity contribution in [3.63, 3.8) is 0 Å². The van der Waals surface area contributed by atoms with E-state index in [1.807, 2.05) is 0 Å². The van der Waals surface area contributed by atoms with Crippen molar-refractivity contribution in [3.05, 3.63) is 0 Å². The number of hydrogen-bond acceptors (Lipinski definition) is 2. The van der Waals surface area contributed by atoms with Gasteiger partial charge in [-0.15, -0.1) is 18.8 Å². The fourth-order valence-electron chi connectivity index (χ4n) is 0.911. The molecule has 0 N–H and O–H groups in total. The second kappa shape index (κ2) is 3.57. The van der Waals surface area contributed by atoms with Crippen molar-refractivity contribution in [2.75, 3.05) is 5.75 Å². The summed E-state index contributed by atoms with van der Waals surface area (Å²) in [5.41, 5.74) is 0. The molecule has 0 aliphatic carbocycles. The summed E-state index contributed by atoms with van der Waals surface area (Å²) in [6, 6.07) is 0. The van der Waals surface area contributed by atoms with Gasteiger partial charge in [-0.3, -0.25) is 4.18 Å². The third-order valence-corrected chi connectivity index (χ3v) is 2.60. The van der Waals surface area contributed by atoms with E-state index in [0.717, 1.165) is 0 Å². The molecule has 1 aliphatic heterocycles. The summed E-state index contributed by atoms with van der Waals surface area (Å²) in [6.45, 7) is 0. The van der Waals surface area contributed by atoms with Crippen molar-refractivity contribution in [3.8, 4) is 24.7 Å². The molecule has 1 rings (SSSR count). The van der Waals surface area contributed by atoms with Crippen LogP contribution in [0.1, 0.15) is 6.42 Å². The molecule has 11 heavy (non-hydrogen) atoms. The molecule has 0 aromatic carbocycles. The standard InChI is InChI=1S/C8H8O2S/c1-3-7-5-8(4-2)10-11(9)6-7/h1-2,7-8H,5-6H2. The van der Waals surface area contributed by atoms with Crippen LogP contribution in [0.25, 0.3) is 0 Å². The summed E-state index contributed by atoms with van der Waals surface area (Å²) < 4.78 is 15.8. The van der Waals surface area contributed by atoms with Crippen molar-refractivity contribution in [2.45, 2.75) is 12.5 Å². The van der Waals surface area contributed by atoms with E-state index in [2.05, 4.69) is 11.8 Å². The van der Waals surface area contributed by atoms with E-state index >= 15 is 0 Å². The fourth-order valence-corrected chi connectivity index (χ4v) is 1.94. The lowest BCUT2D eigenvalue weighted by molar-refractivity contribution is 0.240. The zero-order valence-corrected chi connectivity index (χ0v) is 6.76. The van der Waals surface area contributed by atoms with E-state index in [0.29, 0.717) is 12.2 Å². The Bertz CT molecular complexity index is 222. The summed E-state index contributed by atoms with van der Waals surface area (Å²) in [5.74, 6) is 5.33. The fraction of sp³-hybridized carbons (Fsp3) is 0.500. The molecule has 3 heteroatoms. The molecule has 0 saturated carbocycles. The Morgan fingerprint density at radius 2 is 2.18 bits per heavy atom. The van der Waals surface area contributed by atoms with Crippen molar-refractivity contribution in [1.29, 1.82) is 0 Å². The number of terminal acetylenes is 2. The average molecular weight is 168 g/mol. The molecule has 1 saturated heterocycles. The van der Waals surface area contributed by atoms with E-state index in [4.69, 9.17) is 17.0 Å². The van der Waals surface area contributed by atoms with Gasteiger partial charge in [-0.25, -0.2) is 4.21 Å². The summed E-state index contributed by atoms with van der Waals surface area (Å²) in [4.78, 5) is 0. The Kier molecular flexibility index (Phi) is 2.70. The first kappa shape index (κ1) is 8.33. The molecule has 2 nitrogen and oxygen atoms in total. The van der Waals surface area contributed by atoms with E-state index in [9.17, 15) is 4.21 Å². The van der Waals surface area contributed by atoms with Crippen molar-refractivity contribution in [2.24, 2.45) is 5.92 Å². The Labute approximate surface area is 69.0 Å². The minimum atomic E-state index is -1.29. The summed E-state index contributed by atoms with van der Waals surface area (Å²) in [7, 11) is 0. The van der Waals surface area contributed by atoms with Crippen LogP contribution in [0.15, 0.2) is 0 Å². The van der Waals surface area contributed by atoms with Gasteiger partial charge in [-0.2, -0.15) is 0 Å². The summed E-state index contributed by atoms with van der Waals surface area (Å²) in [6.07, 6.45) is 10.5. The molecular weight excluding hydrogens is 160 g/mol. The Balaban J connectivity index is 2.61. The predicted molar refractivity (Wildman–Crippen MR) is 43.7 cm³/mol. The van der Waals surface area contributed by atoms with Crippen molar-refractivity contribution < 1.29 is 8.39 Å². The van der Waals surface area contributed by atoms with E-state index in [1.54, 1.807) is 0 Å². The molecule has 0 bridgehead atoms. The SMILES string of the molecule is C#CC1CC(C#C)OS(=O)C1. The van der Waals surface area contributed by atoms with Gasteiger partial charge in [0.2, 0.25) is 0 Å². The molecule has 3 atom stereocenters. The van der Waals surface area contributed by atoms with Crippen LogP contribution < -0.4 is 0 Å². The predicted octanol–water partition coefficient (Wildman–Crippen LogP) is 0.322. The van der Waals surface area contributed by atoms with Crippen LogP contribution in [0.4, 0.5) is 0 Å². The van der Waals surface area contributed by atoms with Gasteiger partial charge in [0.05, 0.1) is 5.75 Å². The quantitative estimate of drug-likeness (QED) is 0.487.